The van der Waals surface area contributed by atoms with Crippen LogP contribution in [0.2, 0.25) is 0 Å². The molecule has 0 bridgehead atoms. The Morgan fingerprint density at radius 1 is 1.00 bits per heavy atom. The Morgan fingerprint density at radius 2 is 1.73 bits per heavy atom. The lowest BCUT2D eigenvalue weighted by Gasteiger charge is -2.09. The quantitative estimate of drug-likeness (QED) is 0.355. The van der Waals surface area contributed by atoms with Gasteiger partial charge < -0.3 is 13.9 Å². The van der Waals surface area contributed by atoms with Gasteiger partial charge in [-0.1, -0.05) is 30.3 Å². The molecule has 1 N–H and O–H groups in total. The number of nitrogens with one attached hydrogen (secondary N) is 1. The standard InChI is InChI=1S/C25H23NO6S/c1-3-30-20-10-12-21(13-11-20)33(28,29)26-19-9-14-23-22(15-19)24(17(2)32-23)25(27)31-16-18-7-5-4-6-8-18/h4-15,26H,3,16H2,1-2H3. The van der Waals surface area contributed by atoms with Gasteiger partial charge in [-0.15, -0.1) is 0 Å². The minimum atomic E-state index is -3.84. The Labute approximate surface area is 192 Å². The highest BCUT2D eigenvalue weighted by molar-refractivity contribution is 7.92. The molecule has 0 aliphatic rings. The summed E-state index contributed by atoms with van der Waals surface area (Å²) in [5.74, 6) is 0.446. The molecule has 7 nitrogen and oxygen atoms in total. The molecule has 0 unspecified atom stereocenters. The van der Waals surface area contributed by atoms with Crippen LogP contribution in [-0.4, -0.2) is 21.0 Å². The third-order valence-corrected chi connectivity index (χ3v) is 6.38. The fraction of sp³-hybridized carbons (Fsp3) is 0.160. The highest BCUT2D eigenvalue weighted by Gasteiger charge is 2.21. The van der Waals surface area contributed by atoms with Crippen molar-refractivity contribution in [2.75, 3.05) is 11.3 Å². The van der Waals surface area contributed by atoms with Crippen molar-refractivity contribution in [2.45, 2.75) is 25.3 Å². The Kier molecular flexibility index (Phi) is 6.37. The average Bonchev–Trinajstić information content (AvgIpc) is 3.13. The number of furan rings is 1. The van der Waals surface area contributed by atoms with E-state index in [-0.39, 0.29) is 17.1 Å². The number of rotatable bonds is 8. The lowest BCUT2D eigenvalue weighted by atomic mass is 10.1. The average molecular weight is 466 g/mol. The number of carbonyl (C=O) groups excluding carboxylic acids is 1. The first-order valence-electron chi connectivity index (χ1n) is 10.4. The van der Waals surface area contributed by atoms with Crippen LogP contribution >= 0.6 is 0 Å². The molecule has 0 fully saturated rings. The summed E-state index contributed by atoms with van der Waals surface area (Å²) in [6.45, 7) is 4.13. The molecule has 0 radical (unpaired) electrons. The molecular formula is C25H23NO6S. The molecule has 0 spiro atoms. The summed E-state index contributed by atoms with van der Waals surface area (Å²) in [5, 5.41) is 0.470. The topological polar surface area (TPSA) is 94.8 Å². The van der Waals surface area contributed by atoms with E-state index in [1.54, 1.807) is 37.3 Å². The van der Waals surface area contributed by atoms with Crippen LogP contribution in [0.4, 0.5) is 5.69 Å². The molecule has 0 aliphatic heterocycles. The predicted molar refractivity (Wildman–Crippen MR) is 125 cm³/mol. The first-order valence-corrected chi connectivity index (χ1v) is 11.9. The number of anilines is 1. The number of carbonyl (C=O) groups is 1. The molecule has 0 aliphatic carbocycles. The normalized spacial score (nSPS) is 11.3. The number of hydrogen-bond donors (Lipinski definition) is 1. The van der Waals surface area contributed by atoms with E-state index in [2.05, 4.69) is 4.72 Å². The van der Waals surface area contributed by atoms with E-state index in [1.165, 1.54) is 12.1 Å². The van der Waals surface area contributed by atoms with Gasteiger partial charge in [0, 0.05) is 11.1 Å². The van der Waals surface area contributed by atoms with Gasteiger partial charge in [0.15, 0.2) is 0 Å². The monoisotopic (exact) mass is 465 g/mol. The number of sulfonamides is 1. The number of hydrogen-bond acceptors (Lipinski definition) is 6. The van der Waals surface area contributed by atoms with Crippen LogP contribution in [-0.2, 0) is 21.4 Å². The fourth-order valence-corrected chi connectivity index (χ4v) is 4.48. The molecule has 8 heteroatoms. The summed E-state index contributed by atoms with van der Waals surface area (Å²) in [6.07, 6.45) is 0. The SMILES string of the molecule is CCOc1ccc(S(=O)(=O)Nc2ccc3oc(C)c(C(=O)OCc4ccccc4)c3c2)cc1. The third-order valence-electron chi connectivity index (χ3n) is 4.98. The Morgan fingerprint density at radius 3 is 2.42 bits per heavy atom. The summed E-state index contributed by atoms with van der Waals surface area (Å²) in [4.78, 5) is 12.9. The Bertz CT molecular complexity index is 1380. The zero-order chi connectivity index (χ0) is 23.4. The van der Waals surface area contributed by atoms with Crippen LogP contribution in [0, 0.1) is 6.92 Å². The summed E-state index contributed by atoms with van der Waals surface area (Å²) in [5.41, 5.74) is 1.89. The predicted octanol–water partition coefficient (Wildman–Crippen LogP) is 5.30. The van der Waals surface area contributed by atoms with E-state index in [9.17, 15) is 13.2 Å². The second-order valence-electron chi connectivity index (χ2n) is 7.32. The van der Waals surface area contributed by atoms with Crippen molar-refractivity contribution in [2.24, 2.45) is 0 Å². The van der Waals surface area contributed by atoms with Crippen molar-refractivity contribution in [3.63, 3.8) is 0 Å². The van der Waals surface area contributed by atoms with Gasteiger partial charge >= 0.3 is 5.97 Å². The van der Waals surface area contributed by atoms with Gasteiger partial charge in [0.25, 0.3) is 10.0 Å². The van der Waals surface area contributed by atoms with E-state index in [1.807, 2.05) is 37.3 Å². The summed E-state index contributed by atoms with van der Waals surface area (Å²) in [7, 11) is -3.84. The largest absolute Gasteiger partial charge is 0.494 e. The zero-order valence-corrected chi connectivity index (χ0v) is 19.0. The molecule has 0 saturated carbocycles. The second kappa shape index (κ2) is 9.38. The minimum Gasteiger partial charge on any atom is -0.494 e. The zero-order valence-electron chi connectivity index (χ0n) is 18.2. The number of aryl methyl sites for hydroxylation is 1. The van der Waals surface area contributed by atoms with Crippen molar-refractivity contribution in [1.29, 1.82) is 0 Å². The molecule has 4 aromatic rings. The molecule has 3 aromatic carbocycles. The van der Waals surface area contributed by atoms with Crippen molar-refractivity contribution in [3.05, 3.63) is 89.7 Å². The van der Waals surface area contributed by atoms with Gasteiger partial charge in [-0.3, -0.25) is 4.72 Å². The number of ether oxygens (including phenoxy) is 2. The van der Waals surface area contributed by atoms with Crippen molar-refractivity contribution in [1.82, 2.24) is 0 Å². The smallest absolute Gasteiger partial charge is 0.342 e. The number of benzene rings is 3. The lowest BCUT2D eigenvalue weighted by molar-refractivity contribution is 0.0473. The van der Waals surface area contributed by atoms with E-state index >= 15 is 0 Å². The lowest BCUT2D eigenvalue weighted by Crippen LogP contribution is -2.13. The maximum atomic E-state index is 12.8. The fourth-order valence-electron chi connectivity index (χ4n) is 3.43. The van der Waals surface area contributed by atoms with E-state index < -0.39 is 16.0 Å². The van der Waals surface area contributed by atoms with Crippen LogP contribution in [0.15, 0.2) is 82.1 Å². The Hall–Kier alpha value is -3.78. The van der Waals surface area contributed by atoms with Gasteiger partial charge in [0.05, 0.1) is 11.5 Å². The van der Waals surface area contributed by atoms with Gasteiger partial charge in [-0.25, -0.2) is 13.2 Å². The first-order chi connectivity index (χ1) is 15.9. The van der Waals surface area contributed by atoms with Gasteiger partial charge in [-0.05, 0) is 61.9 Å². The Balaban J connectivity index is 1.57. The van der Waals surface area contributed by atoms with E-state index in [0.717, 1.165) is 5.56 Å². The molecule has 1 aromatic heterocycles. The van der Waals surface area contributed by atoms with Crippen molar-refractivity contribution in [3.8, 4) is 5.75 Å². The summed E-state index contributed by atoms with van der Waals surface area (Å²) in [6, 6.07) is 20.2. The molecule has 0 saturated heterocycles. The van der Waals surface area contributed by atoms with Crippen molar-refractivity contribution < 1.29 is 27.1 Å². The third kappa shape index (κ3) is 5.01. The van der Waals surface area contributed by atoms with Crippen LogP contribution in [0.25, 0.3) is 11.0 Å². The number of fused-ring (bicyclic) bond motifs is 1. The number of esters is 1. The molecule has 0 atom stereocenters. The molecule has 0 amide bonds. The molecule has 170 valence electrons. The summed E-state index contributed by atoms with van der Waals surface area (Å²) < 4.78 is 44.7. The van der Waals surface area contributed by atoms with Crippen LogP contribution < -0.4 is 9.46 Å². The minimum absolute atomic E-state index is 0.0944. The van der Waals surface area contributed by atoms with Crippen molar-refractivity contribution >= 4 is 32.6 Å². The van der Waals surface area contributed by atoms with Gasteiger partial charge in [0.2, 0.25) is 0 Å². The highest BCUT2D eigenvalue weighted by Crippen LogP contribution is 2.30. The van der Waals surface area contributed by atoms with Gasteiger partial charge in [-0.2, -0.15) is 0 Å². The van der Waals surface area contributed by atoms with E-state index in [0.29, 0.717) is 34.8 Å². The highest BCUT2D eigenvalue weighted by atomic mass is 32.2. The van der Waals surface area contributed by atoms with Crippen LogP contribution in [0.3, 0.4) is 0 Å². The van der Waals surface area contributed by atoms with Crippen LogP contribution in [0.5, 0.6) is 5.75 Å². The molecule has 1 heterocycles. The maximum absolute atomic E-state index is 12.8. The summed E-state index contributed by atoms with van der Waals surface area (Å²) >= 11 is 0. The molecular weight excluding hydrogens is 442 g/mol. The van der Waals surface area contributed by atoms with Gasteiger partial charge in [0.1, 0.15) is 29.3 Å². The molecule has 4 rings (SSSR count). The maximum Gasteiger partial charge on any atom is 0.342 e. The first kappa shape index (κ1) is 22.4. The van der Waals surface area contributed by atoms with E-state index in [4.69, 9.17) is 13.9 Å². The van der Waals surface area contributed by atoms with Crippen LogP contribution in [0.1, 0.15) is 28.6 Å². The second-order valence-corrected chi connectivity index (χ2v) is 9.00. The molecule has 33 heavy (non-hydrogen) atoms.